The molecule has 3 aromatic carbocycles. The molecular weight excluding hydrogens is 620 g/mol. The molecule has 4 bridgehead atoms. The zero-order valence-electron chi connectivity index (χ0n) is 26.0. The minimum atomic E-state index is -1.05. The Morgan fingerprint density at radius 3 is 2.30 bits per heavy atom. The van der Waals surface area contributed by atoms with E-state index in [0.717, 1.165) is 22.7 Å². The molecule has 4 amide bonds. The summed E-state index contributed by atoms with van der Waals surface area (Å²) in [4.78, 5) is 51.9. The Balaban J connectivity index is 1.13. The number of hydrogen-bond acceptors (Lipinski definition) is 6. The minimum absolute atomic E-state index is 0.0287. The number of anilines is 1. The average Bonchev–Trinajstić information content (AvgIpc) is 3.02. The fourth-order valence-electron chi connectivity index (χ4n) is 8.51. The van der Waals surface area contributed by atoms with Crippen LogP contribution >= 0.6 is 11.6 Å². The first-order valence-electron chi connectivity index (χ1n) is 16.1. The van der Waals surface area contributed by atoms with Crippen LogP contribution in [0.5, 0.6) is 11.5 Å². The number of carbonyl (C=O) groups is 4. The van der Waals surface area contributed by atoms with Crippen LogP contribution in [0, 0.1) is 17.8 Å². The molecule has 3 aromatic rings. The highest BCUT2D eigenvalue weighted by molar-refractivity contribution is 6.39. The van der Waals surface area contributed by atoms with Gasteiger partial charge in [-0.2, -0.15) is 0 Å². The van der Waals surface area contributed by atoms with E-state index in [4.69, 9.17) is 21.1 Å². The molecule has 4 aliphatic carbocycles. The molecule has 2 N–H and O–H groups in total. The monoisotopic (exact) mass is 654 g/mol. The molecule has 0 radical (unpaired) electrons. The van der Waals surface area contributed by atoms with E-state index in [1.54, 1.807) is 37.3 Å². The number of urea groups is 1. The first-order chi connectivity index (χ1) is 22.6. The van der Waals surface area contributed by atoms with E-state index in [-0.39, 0.29) is 46.3 Å². The van der Waals surface area contributed by atoms with Crippen molar-refractivity contribution in [3.05, 3.63) is 93.5 Å². The number of carboxylic acid groups (broad SMARTS) is 1. The van der Waals surface area contributed by atoms with Gasteiger partial charge in [0.25, 0.3) is 11.8 Å². The summed E-state index contributed by atoms with van der Waals surface area (Å²) in [5.74, 6) is 0.286. The number of imide groups is 2. The van der Waals surface area contributed by atoms with E-state index in [9.17, 15) is 24.3 Å². The number of hydrogen-bond donors (Lipinski definition) is 2. The van der Waals surface area contributed by atoms with Crippen molar-refractivity contribution in [2.75, 3.05) is 11.5 Å². The first kappa shape index (κ1) is 31.0. The predicted molar refractivity (Wildman–Crippen MR) is 176 cm³/mol. The van der Waals surface area contributed by atoms with E-state index in [0.29, 0.717) is 16.8 Å². The number of rotatable bonds is 9. The van der Waals surface area contributed by atoms with Gasteiger partial charge in [-0.3, -0.25) is 14.9 Å². The largest absolute Gasteiger partial charge is 0.490 e. The summed E-state index contributed by atoms with van der Waals surface area (Å²) in [6.45, 7) is 2.10. The standard InChI is InChI=1S/C37H35ClN2O7/c1-2-46-31-16-22(15-30(38)32(31)47-20-21-4-3-5-26(13-21)35(43)44)14-29-33(41)39-36(45)40(34(29)42)28-8-6-27(7-9-28)37-17-23-10-24(18-37)12-25(11-23)19-37/h3-9,13-16,23-25H,2,10-12,17-20H2,1H3,(H,43,44)(H,39,41,45)/b29-14+. The molecule has 1 saturated heterocycles. The smallest absolute Gasteiger partial charge is 0.335 e. The summed E-state index contributed by atoms with van der Waals surface area (Å²) >= 11 is 6.60. The number of ether oxygens (including phenoxy) is 2. The maximum Gasteiger partial charge on any atom is 0.335 e. The van der Waals surface area contributed by atoms with Gasteiger partial charge in [0.05, 0.1) is 22.9 Å². The van der Waals surface area contributed by atoms with E-state index >= 15 is 0 Å². The van der Waals surface area contributed by atoms with Gasteiger partial charge in [0.2, 0.25) is 0 Å². The summed E-state index contributed by atoms with van der Waals surface area (Å²) in [6, 6.07) is 16.4. The molecule has 242 valence electrons. The van der Waals surface area contributed by atoms with Crippen LogP contribution in [0.4, 0.5) is 10.5 Å². The number of carbonyl (C=O) groups excluding carboxylic acids is 3. The van der Waals surface area contributed by atoms with Crippen LogP contribution in [0.25, 0.3) is 6.08 Å². The van der Waals surface area contributed by atoms with Gasteiger partial charge in [0.15, 0.2) is 11.5 Å². The van der Waals surface area contributed by atoms with Crippen LogP contribution in [0.2, 0.25) is 5.02 Å². The Labute approximate surface area is 277 Å². The van der Waals surface area contributed by atoms with Crippen LogP contribution in [0.15, 0.2) is 66.2 Å². The van der Waals surface area contributed by atoms with Crippen LogP contribution in [-0.2, 0) is 21.6 Å². The molecule has 1 aliphatic heterocycles. The number of aromatic carboxylic acids is 1. The second kappa shape index (κ2) is 12.2. The Morgan fingerprint density at radius 2 is 1.66 bits per heavy atom. The Morgan fingerprint density at radius 1 is 0.979 bits per heavy atom. The molecule has 0 spiro atoms. The molecule has 47 heavy (non-hydrogen) atoms. The molecule has 4 saturated carbocycles. The van der Waals surface area contributed by atoms with Gasteiger partial charge in [-0.15, -0.1) is 0 Å². The molecule has 1 heterocycles. The number of halogens is 1. The lowest BCUT2D eigenvalue weighted by molar-refractivity contribution is -0.122. The lowest BCUT2D eigenvalue weighted by atomic mass is 9.48. The van der Waals surface area contributed by atoms with Gasteiger partial charge in [-0.25, -0.2) is 14.5 Å². The van der Waals surface area contributed by atoms with Crippen molar-refractivity contribution in [3.8, 4) is 11.5 Å². The summed E-state index contributed by atoms with van der Waals surface area (Å²) in [6.07, 6.45) is 9.02. The Hall–Kier alpha value is -4.63. The summed E-state index contributed by atoms with van der Waals surface area (Å²) < 4.78 is 11.7. The number of carboxylic acids is 1. The maximum absolute atomic E-state index is 13.7. The number of nitrogens with zero attached hydrogens (tertiary/aromatic N) is 1. The van der Waals surface area contributed by atoms with Gasteiger partial charge in [0, 0.05) is 0 Å². The number of benzene rings is 3. The zero-order chi connectivity index (χ0) is 32.9. The topological polar surface area (TPSA) is 122 Å². The van der Waals surface area contributed by atoms with Gasteiger partial charge < -0.3 is 14.6 Å². The second-order valence-electron chi connectivity index (χ2n) is 13.3. The van der Waals surface area contributed by atoms with E-state index in [2.05, 4.69) is 5.32 Å². The third-order valence-corrected chi connectivity index (χ3v) is 10.4. The maximum atomic E-state index is 13.7. The lowest BCUT2D eigenvalue weighted by Crippen LogP contribution is -2.54. The minimum Gasteiger partial charge on any atom is -0.490 e. The molecular formula is C37H35ClN2O7. The van der Waals surface area contributed by atoms with Crippen molar-refractivity contribution in [1.82, 2.24) is 5.32 Å². The van der Waals surface area contributed by atoms with Crippen molar-refractivity contribution in [2.24, 2.45) is 17.8 Å². The third kappa shape index (κ3) is 5.89. The Kier molecular flexibility index (Phi) is 8.04. The quantitative estimate of drug-likeness (QED) is 0.186. The first-order valence-corrected chi connectivity index (χ1v) is 16.4. The van der Waals surface area contributed by atoms with Crippen LogP contribution in [0.1, 0.15) is 72.5 Å². The van der Waals surface area contributed by atoms with Crippen molar-refractivity contribution < 1.29 is 33.8 Å². The van der Waals surface area contributed by atoms with Crippen molar-refractivity contribution in [1.29, 1.82) is 0 Å². The van der Waals surface area contributed by atoms with Crippen LogP contribution in [-0.4, -0.2) is 35.5 Å². The van der Waals surface area contributed by atoms with Crippen molar-refractivity contribution in [2.45, 2.75) is 57.5 Å². The third-order valence-electron chi connectivity index (χ3n) is 10.1. The molecule has 10 heteroatoms. The molecule has 5 fully saturated rings. The SMILES string of the molecule is CCOc1cc(/C=C2\C(=O)NC(=O)N(c3ccc(C45CC6CC(CC(C6)C4)C5)cc3)C2=O)cc(Cl)c1OCc1cccc(C(=O)O)c1. The van der Waals surface area contributed by atoms with Gasteiger partial charge >= 0.3 is 12.0 Å². The molecule has 0 atom stereocenters. The molecule has 0 unspecified atom stereocenters. The summed E-state index contributed by atoms with van der Waals surface area (Å²) in [5, 5.41) is 11.7. The number of barbiturate groups is 1. The zero-order valence-corrected chi connectivity index (χ0v) is 26.7. The van der Waals surface area contributed by atoms with Gasteiger partial charge in [-0.1, -0.05) is 35.9 Å². The molecule has 8 rings (SSSR count). The fraction of sp³-hybridized carbons (Fsp3) is 0.351. The highest BCUT2D eigenvalue weighted by atomic mass is 35.5. The van der Waals surface area contributed by atoms with Crippen molar-refractivity contribution in [3.63, 3.8) is 0 Å². The van der Waals surface area contributed by atoms with E-state index in [1.165, 1.54) is 68.4 Å². The Bertz CT molecular complexity index is 1780. The average molecular weight is 655 g/mol. The molecule has 5 aliphatic rings. The molecule has 9 nitrogen and oxygen atoms in total. The summed E-state index contributed by atoms with van der Waals surface area (Å²) in [5.41, 5.74) is 2.75. The van der Waals surface area contributed by atoms with Crippen LogP contribution < -0.4 is 19.7 Å². The van der Waals surface area contributed by atoms with Crippen molar-refractivity contribution >= 4 is 47.2 Å². The predicted octanol–water partition coefficient (Wildman–Crippen LogP) is 7.15. The number of amides is 4. The summed E-state index contributed by atoms with van der Waals surface area (Å²) in [7, 11) is 0. The molecule has 0 aromatic heterocycles. The fourth-order valence-corrected chi connectivity index (χ4v) is 8.78. The normalized spacial score (nSPS) is 25.7. The van der Waals surface area contributed by atoms with Crippen LogP contribution in [0.3, 0.4) is 0 Å². The highest BCUT2D eigenvalue weighted by Crippen LogP contribution is 2.60. The van der Waals surface area contributed by atoms with E-state index < -0.39 is 23.8 Å². The van der Waals surface area contributed by atoms with E-state index in [1.807, 2.05) is 12.1 Å². The second-order valence-corrected chi connectivity index (χ2v) is 13.7. The number of nitrogens with one attached hydrogen (secondary N) is 1. The highest BCUT2D eigenvalue weighted by Gasteiger charge is 2.51. The van der Waals surface area contributed by atoms with Gasteiger partial charge in [-0.05, 0) is 128 Å². The van der Waals surface area contributed by atoms with Gasteiger partial charge in [0.1, 0.15) is 12.2 Å². The lowest BCUT2D eigenvalue weighted by Gasteiger charge is -2.57.